The maximum Gasteiger partial charge on any atom is 0.192 e. The van der Waals surface area contributed by atoms with Crippen molar-refractivity contribution in [2.45, 2.75) is 45.7 Å². The summed E-state index contributed by atoms with van der Waals surface area (Å²) in [4.78, 5) is 6.44. The van der Waals surface area contributed by atoms with E-state index in [0.29, 0.717) is 12.0 Å². The summed E-state index contributed by atoms with van der Waals surface area (Å²) in [6.07, 6.45) is 7.89. The average molecular weight is 335 g/mol. The largest absolute Gasteiger partial charge is 0.370 e. The van der Waals surface area contributed by atoms with Gasteiger partial charge >= 0.3 is 0 Å². The van der Waals surface area contributed by atoms with Gasteiger partial charge in [0, 0.05) is 13.1 Å². The highest BCUT2D eigenvalue weighted by molar-refractivity contribution is 14.0. The second kappa shape index (κ2) is 5.76. The van der Waals surface area contributed by atoms with Crippen LogP contribution in [0.5, 0.6) is 0 Å². The molecule has 3 nitrogen and oxygen atoms in total. The summed E-state index contributed by atoms with van der Waals surface area (Å²) in [6.45, 7) is 6.22. The minimum Gasteiger partial charge on any atom is -0.370 e. The van der Waals surface area contributed by atoms with Crippen molar-refractivity contribution in [1.29, 1.82) is 0 Å². The standard InChI is InChI=1S/C12H21N3.HI/c1-6-10(12(2,3)4)14-11(13)15(5)9-7-8-9;/h1,9-10H,7-8H2,2-5H3,(H2,13,14);1H. The van der Waals surface area contributed by atoms with E-state index in [1.165, 1.54) is 12.8 Å². The molecule has 0 bridgehead atoms. The molecule has 0 saturated heterocycles. The Balaban J connectivity index is 0.00000225. The summed E-state index contributed by atoms with van der Waals surface area (Å²) in [5, 5.41) is 0. The fourth-order valence-corrected chi connectivity index (χ4v) is 1.35. The van der Waals surface area contributed by atoms with Crippen molar-refractivity contribution in [1.82, 2.24) is 4.90 Å². The number of nitrogens with zero attached hydrogens (tertiary/aromatic N) is 2. The van der Waals surface area contributed by atoms with E-state index in [-0.39, 0.29) is 35.4 Å². The van der Waals surface area contributed by atoms with E-state index in [1.54, 1.807) is 0 Å². The fourth-order valence-electron chi connectivity index (χ4n) is 1.35. The third kappa shape index (κ3) is 4.20. The van der Waals surface area contributed by atoms with Crippen LogP contribution in [0.25, 0.3) is 0 Å². The first-order valence-corrected chi connectivity index (χ1v) is 5.38. The third-order valence-corrected chi connectivity index (χ3v) is 2.70. The third-order valence-electron chi connectivity index (χ3n) is 2.70. The molecule has 0 aromatic carbocycles. The molecular weight excluding hydrogens is 313 g/mol. The van der Waals surface area contributed by atoms with Crippen molar-refractivity contribution < 1.29 is 0 Å². The van der Waals surface area contributed by atoms with Crippen LogP contribution in [-0.4, -0.2) is 30.0 Å². The van der Waals surface area contributed by atoms with Gasteiger partial charge in [-0.2, -0.15) is 0 Å². The van der Waals surface area contributed by atoms with Crippen LogP contribution in [0.2, 0.25) is 0 Å². The Hall–Kier alpha value is -0.440. The zero-order chi connectivity index (χ0) is 11.6. The Morgan fingerprint density at radius 1 is 1.50 bits per heavy atom. The molecule has 16 heavy (non-hydrogen) atoms. The average Bonchev–Trinajstić information content (AvgIpc) is 2.93. The Kier molecular flexibility index (Phi) is 5.60. The molecule has 0 radical (unpaired) electrons. The molecular formula is C12H22IN3. The molecule has 1 fully saturated rings. The number of hydrogen-bond acceptors (Lipinski definition) is 1. The number of terminal acetylenes is 1. The molecule has 4 heteroatoms. The van der Waals surface area contributed by atoms with Gasteiger partial charge < -0.3 is 10.6 Å². The summed E-state index contributed by atoms with van der Waals surface area (Å²) in [6, 6.07) is 0.422. The maximum absolute atomic E-state index is 5.91. The van der Waals surface area contributed by atoms with Crippen LogP contribution >= 0.6 is 24.0 Å². The zero-order valence-corrected chi connectivity index (χ0v) is 12.9. The van der Waals surface area contributed by atoms with E-state index in [0.717, 1.165) is 0 Å². The van der Waals surface area contributed by atoms with Gasteiger partial charge in [0.05, 0.1) is 0 Å². The van der Waals surface area contributed by atoms with E-state index in [4.69, 9.17) is 12.2 Å². The van der Waals surface area contributed by atoms with Gasteiger partial charge in [-0.25, -0.2) is 4.99 Å². The van der Waals surface area contributed by atoms with E-state index in [9.17, 15) is 0 Å². The number of aliphatic imine (C=N–C) groups is 1. The summed E-state index contributed by atoms with van der Waals surface area (Å²) < 4.78 is 0. The quantitative estimate of drug-likeness (QED) is 0.363. The number of rotatable bonds is 2. The molecule has 0 aliphatic heterocycles. The van der Waals surface area contributed by atoms with Crippen molar-refractivity contribution in [3.63, 3.8) is 0 Å². The molecule has 0 aromatic heterocycles. The van der Waals surface area contributed by atoms with Gasteiger partial charge in [0.1, 0.15) is 6.04 Å². The SMILES string of the molecule is C#CC(N=C(N)N(C)C1CC1)C(C)(C)C.I. The predicted octanol–water partition coefficient (Wildman–Crippen LogP) is 2.06. The summed E-state index contributed by atoms with van der Waals surface area (Å²) in [5.41, 5.74) is 5.87. The molecule has 0 amide bonds. The number of guanidine groups is 1. The van der Waals surface area contributed by atoms with Crippen molar-refractivity contribution in [2.75, 3.05) is 7.05 Å². The first-order chi connectivity index (χ1) is 6.86. The highest BCUT2D eigenvalue weighted by Crippen LogP contribution is 2.26. The molecule has 0 aromatic rings. The topological polar surface area (TPSA) is 41.6 Å². The second-order valence-corrected chi connectivity index (χ2v) is 5.26. The van der Waals surface area contributed by atoms with Crippen molar-refractivity contribution in [2.24, 2.45) is 16.1 Å². The van der Waals surface area contributed by atoms with E-state index in [2.05, 4.69) is 31.7 Å². The lowest BCUT2D eigenvalue weighted by Gasteiger charge is -2.25. The van der Waals surface area contributed by atoms with E-state index in [1.807, 2.05) is 11.9 Å². The van der Waals surface area contributed by atoms with E-state index < -0.39 is 0 Å². The number of nitrogens with two attached hydrogens (primary N) is 1. The molecule has 1 aliphatic carbocycles. The van der Waals surface area contributed by atoms with Crippen LogP contribution in [-0.2, 0) is 0 Å². The highest BCUT2D eigenvalue weighted by Gasteiger charge is 2.29. The van der Waals surface area contributed by atoms with Crippen LogP contribution in [0.4, 0.5) is 0 Å². The van der Waals surface area contributed by atoms with Gasteiger partial charge in [-0.1, -0.05) is 26.7 Å². The Morgan fingerprint density at radius 2 is 2.00 bits per heavy atom. The predicted molar refractivity (Wildman–Crippen MR) is 79.9 cm³/mol. The fraction of sp³-hybridized carbons (Fsp3) is 0.750. The van der Waals surface area contributed by atoms with Gasteiger partial charge in [-0.05, 0) is 18.3 Å². The number of halogens is 1. The van der Waals surface area contributed by atoms with Gasteiger partial charge in [0.25, 0.3) is 0 Å². The lowest BCUT2D eigenvalue weighted by Crippen LogP contribution is -2.38. The van der Waals surface area contributed by atoms with Crippen LogP contribution < -0.4 is 5.73 Å². The van der Waals surface area contributed by atoms with Crippen LogP contribution in [0, 0.1) is 17.8 Å². The summed E-state index contributed by atoms with van der Waals surface area (Å²) in [7, 11) is 1.98. The van der Waals surface area contributed by atoms with Gasteiger partial charge in [-0.3, -0.25) is 0 Å². The summed E-state index contributed by atoms with van der Waals surface area (Å²) in [5.74, 6) is 3.26. The van der Waals surface area contributed by atoms with Gasteiger partial charge in [0.2, 0.25) is 0 Å². The number of hydrogen-bond donors (Lipinski definition) is 1. The Morgan fingerprint density at radius 3 is 2.31 bits per heavy atom. The van der Waals surface area contributed by atoms with Crippen molar-refractivity contribution in [3.05, 3.63) is 0 Å². The van der Waals surface area contributed by atoms with Crippen LogP contribution in [0.15, 0.2) is 4.99 Å². The molecule has 1 unspecified atom stereocenters. The first-order valence-electron chi connectivity index (χ1n) is 5.38. The molecule has 1 atom stereocenters. The molecule has 0 heterocycles. The van der Waals surface area contributed by atoms with Crippen molar-refractivity contribution in [3.8, 4) is 12.3 Å². The lowest BCUT2D eigenvalue weighted by atomic mass is 9.88. The first kappa shape index (κ1) is 15.6. The normalized spacial score (nSPS) is 18.3. The van der Waals surface area contributed by atoms with Gasteiger partial charge in [-0.15, -0.1) is 30.4 Å². The second-order valence-electron chi connectivity index (χ2n) is 5.26. The molecule has 2 N–H and O–H groups in total. The van der Waals surface area contributed by atoms with Crippen LogP contribution in [0.1, 0.15) is 33.6 Å². The van der Waals surface area contributed by atoms with Crippen LogP contribution in [0.3, 0.4) is 0 Å². The zero-order valence-electron chi connectivity index (χ0n) is 10.5. The van der Waals surface area contributed by atoms with Gasteiger partial charge in [0.15, 0.2) is 5.96 Å². The monoisotopic (exact) mass is 335 g/mol. The minimum absolute atomic E-state index is 0. The highest BCUT2D eigenvalue weighted by atomic mass is 127. The Bertz CT molecular complexity index is 294. The molecule has 1 saturated carbocycles. The Labute approximate surface area is 116 Å². The molecule has 92 valence electrons. The molecule has 1 aliphatic rings. The smallest absolute Gasteiger partial charge is 0.192 e. The minimum atomic E-state index is -0.154. The lowest BCUT2D eigenvalue weighted by molar-refractivity contribution is 0.370. The van der Waals surface area contributed by atoms with Crippen molar-refractivity contribution >= 4 is 29.9 Å². The summed E-state index contributed by atoms with van der Waals surface area (Å²) >= 11 is 0. The maximum atomic E-state index is 5.91. The molecule has 1 rings (SSSR count). The molecule has 0 spiro atoms. The van der Waals surface area contributed by atoms with E-state index >= 15 is 0 Å².